The van der Waals surface area contributed by atoms with Crippen molar-refractivity contribution >= 4 is 28.5 Å². The first-order valence-electron chi connectivity index (χ1n) is 10.7. The fourth-order valence-corrected chi connectivity index (χ4v) is 3.82. The summed E-state index contributed by atoms with van der Waals surface area (Å²) in [6, 6.07) is 15.3. The highest BCUT2D eigenvalue weighted by Gasteiger charge is 2.21. The maximum atomic E-state index is 14.6. The highest BCUT2D eigenvalue weighted by molar-refractivity contribution is 6.08. The van der Waals surface area contributed by atoms with Gasteiger partial charge in [-0.15, -0.1) is 0 Å². The first-order valence-corrected chi connectivity index (χ1v) is 10.7. The molecule has 8 heteroatoms. The van der Waals surface area contributed by atoms with Gasteiger partial charge in [-0.2, -0.15) is 0 Å². The number of nitrogens with one attached hydrogen (secondary N) is 2. The lowest BCUT2D eigenvalue weighted by Gasteiger charge is -2.12. The van der Waals surface area contributed by atoms with Gasteiger partial charge in [-0.25, -0.2) is 9.37 Å². The van der Waals surface area contributed by atoms with Gasteiger partial charge < -0.3 is 15.2 Å². The molecule has 4 rings (SSSR count). The third-order valence-corrected chi connectivity index (χ3v) is 5.23. The maximum absolute atomic E-state index is 14.6. The van der Waals surface area contributed by atoms with Crippen molar-refractivity contribution in [3.63, 3.8) is 0 Å². The second kappa shape index (κ2) is 9.60. The molecule has 0 spiro atoms. The summed E-state index contributed by atoms with van der Waals surface area (Å²) in [4.78, 5) is 33.8. The number of rotatable bonds is 7. The van der Waals surface area contributed by atoms with E-state index >= 15 is 0 Å². The summed E-state index contributed by atoms with van der Waals surface area (Å²) in [5, 5.41) is 5.64. The molecule has 2 aromatic carbocycles. The Hall–Kier alpha value is -4.07. The van der Waals surface area contributed by atoms with Crippen LogP contribution in [0.3, 0.4) is 0 Å². The molecule has 0 radical (unpaired) electrons. The van der Waals surface area contributed by atoms with Crippen LogP contribution in [0.2, 0.25) is 0 Å². The highest BCUT2D eigenvalue weighted by Crippen LogP contribution is 2.31. The summed E-state index contributed by atoms with van der Waals surface area (Å²) in [5.74, 6) is -0.544. The SMILES string of the molecule is CCn1c(-c2ccccc2F)nc2cc(NC(C)=O)cc(C(=O)NCCc3ccccn3)c21. The molecule has 0 atom stereocenters. The average Bonchev–Trinajstić information content (AvgIpc) is 3.17. The van der Waals surface area contributed by atoms with Gasteiger partial charge in [-0.1, -0.05) is 18.2 Å². The zero-order valence-electron chi connectivity index (χ0n) is 18.4. The van der Waals surface area contributed by atoms with Gasteiger partial charge in [0.1, 0.15) is 11.6 Å². The van der Waals surface area contributed by atoms with Crippen molar-refractivity contribution in [3.8, 4) is 11.4 Å². The maximum Gasteiger partial charge on any atom is 0.253 e. The molecule has 4 aromatic rings. The molecule has 0 bridgehead atoms. The van der Waals surface area contributed by atoms with Crippen LogP contribution in [-0.2, 0) is 17.8 Å². The molecule has 168 valence electrons. The Morgan fingerprint density at radius 3 is 2.58 bits per heavy atom. The van der Waals surface area contributed by atoms with Gasteiger partial charge in [0.05, 0.1) is 22.2 Å². The van der Waals surface area contributed by atoms with E-state index in [2.05, 4.69) is 20.6 Å². The van der Waals surface area contributed by atoms with Crippen molar-refractivity contribution in [2.45, 2.75) is 26.8 Å². The molecule has 0 aliphatic heterocycles. The van der Waals surface area contributed by atoms with Gasteiger partial charge in [-0.3, -0.25) is 14.6 Å². The van der Waals surface area contributed by atoms with E-state index in [9.17, 15) is 14.0 Å². The summed E-state index contributed by atoms with van der Waals surface area (Å²) in [7, 11) is 0. The largest absolute Gasteiger partial charge is 0.352 e. The molecule has 0 saturated carbocycles. The van der Waals surface area contributed by atoms with Crippen LogP contribution < -0.4 is 10.6 Å². The van der Waals surface area contributed by atoms with E-state index in [0.29, 0.717) is 53.2 Å². The molecule has 0 aliphatic rings. The third kappa shape index (κ3) is 4.74. The molecule has 0 aliphatic carbocycles. The molecule has 0 saturated heterocycles. The molecule has 0 fully saturated rings. The number of anilines is 1. The Morgan fingerprint density at radius 1 is 1.09 bits per heavy atom. The summed E-state index contributed by atoms with van der Waals surface area (Å²) < 4.78 is 16.4. The zero-order valence-corrected chi connectivity index (χ0v) is 18.4. The predicted octanol–water partition coefficient (Wildman–Crippen LogP) is 4.19. The topological polar surface area (TPSA) is 88.9 Å². The van der Waals surface area contributed by atoms with Gasteiger partial charge in [0.25, 0.3) is 5.91 Å². The van der Waals surface area contributed by atoms with Crippen LogP contribution in [0.5, 0.6) is 0 Å². The van der Waals surface area contributed by atoms with Crippen LogP contribution in [0.1, 0.15) is 29.9 Å². The van der Waals surface area contributed by atoms with Gasteiger partial charge >= 0.3 is 0 Å². The van der Waals surface area contributed by atoms with E-state index in [1.165, 1.54) is 13.0 Å². The normalized spacial score (nSPS) is 10.9. The number of pyridine rings is 1. The van der Waals surface area contributed by atoms with Crippen molar-refractivity contribution in [2.24, 2.45) is 0 Å². The number of carbonyl (C=O) groups excluding carboxylic acids is 2. The smallest absolute Gasteiger partial charge is 0.253 e. The van der Waals surface area contributed by atoms with Crippen molar-refractivity contribution in [2.75, 3.05) is 11.9 Å². The van der Waals surface area contributed by atoms with Gasteiger partial charge in [0.2, 0.25) is 5.91 Å². The van der Waals surface area contributed by atoms with E-state index in [-0.39, 0.29) is 11.8 Å². The van der Waals surface area contributed by atoms with Crippen LogP contribution in [0, 0.1) is 5.82 Å². The minimum Gasteiger partial charge on any atom is -0.352 e. The number of aromatic nitrogens is 3. The Bertz CT molecular complexity index is 1320. The summed E-state index contributed by atoms with van der Waals surface area (Å²) in [6.07, 6.45) is 2.29. The third-order valence-electron chi connectivity index (χ3n) is 5.23. The Kier molecular flexibility index (Phi) is 6.44. The monoisotopic (exact) mass is 445 g/mol. The van der Waals surface area contributed by atoms with Crippen molar-refractivity contribution in [1.82, 2.24) is 19.9 Å². The number of hydrogen-bond acceptors (Lipinski definition) is 4. The van der Waals surface area contributed by atoms with Crippen LogP contribution >= 0.6 is 0 Å². The van der Waals surface area contributed by atoms with Gasteiger partial charge in [0, 0.05) is 44.0 Å². The van der Waals surface area contributed by atoms with E-state index in [1.807, 2.05) is 29.7 Å². The summed E-state index contributed by atoms with van der Waals surface area (Å²) in [5.41, 5.74) is 3.10. The molecule has 7 nitrogen and oxygen atoms in total. The minimum absolute atomic E-state index is 0.264. The number of fused-ring (bicyclic) bond motifs is 1. The van der Waals surface area contributed by atoms with Crippen LogP contribution in [0.4, 0.5) is 10.1 Å². The fourth-order valence-electron chi connectivity index (χ4n) is 3.82. The van der Waals surface area contributed by atoms with Crippen LogP contribution in [0.25, 0.3) is 22.4 Å². The number of nitrogens with zero attached hydrogens (tertiary/aromatic N) is 3. The molecule has 2 aromatic heterocycles. The van der Waals surface area contributed by atoms with Crippen LogP contribution in [-0.4, -0.2) is 32.9 Å². The molecule has 2 N–H and O–H groups in total. The van der Waals surface area contributed by atoms with E-state index < -0.39 is 5.82 Å². The highest BCUT2D eigenvalue weighted by atomic mass is 19.1. The minimum atomic E-state index is -0.397. The Labute approximate surface area is 190 Å². The predicted molar refractivity (Wildman–Crippen MR) is 125 cm³/mol. The summed E-state index contributed by atoms with van der Waals surface area (Å²) >= 11 is 0. The molecule has 2 amide bonds. The van der Waals surface area contributed by atoms with E-state index in [1.54, 1.807) is 36.5 Å². The standard InChI is InChI=1S/C25H24FN5O2/c1-3-31-23-20(25(33)28-13-11-17-8-6-7-12-27-17)14-18(29-16(2)32)15-22(23)30-24(31)19-9-4-5-10-21(19)26/h4-10,12,14-15H,3,11,13H2,1-2H3,(H,28,33)(H,29,32). The molecule has 2 heterocycles. The lowest BCUT2D eigenvalue weighted by molar-refractivity contribution is -0.114. The second-order valence-corrected chi connectivity index (χ2v) is 7.56. The van der Waals surface area contributed by atoms with Crippen LogP contribution in [0.15, 0.2) is 60.8 Å². The lowest BCUT2D eigenvalue weighted by Crippen LogP contribution is -2.26. The van der Waals surface area contributed by atoms with E-state index in [0.717, 1.165) is 5.69 Å². The molecular weight excluding hydrogens is 421 g/mol. The summed E-state index contributed by atoms with van der Waals surface area (Å²) in [6.45, 7) is 4.18. The van der Waals surface area contributed by atoms with Gasteiger partial charge in [-0.05, 0) is 43.3 Å². The fraction of sp³-hybridized carbons (Fsp3) is 0.200. The number of halogens is 1. The number of hydrogen-bond donors (Lipinski definition) is 2. The van der Waals surface area contributed by atoms with Crippen molar-refractivity contribution in [1.29, 1.82) is 0 Å². The first-order chi connectivity index (χ1) is 16.0. The number of imidazole rings is 1. The quantitative estimate of drug-likeness (QED) is 0.447. The lowest BCUT2D eigenvalue weighted by atomic mass is 10.1. The van der Waals surface area contributed by atoms with Gasteiger partial charge in [0.15, 0.2) is 0 Å². The second-order valence-electron chi connectivity index (χ2n) is 7.56. The zero-order chi connectivity index (χ0) is 23.4. The molecule has 0 unspecified atom stereocenters. The number of benzene rings is 2. The molecule has 33 heavy (non-hydrogen) atoms. The average molecular weight is 445 g/mol. The Morgan fingerprint density at radius 2 is 1.88 bits per heavy atom. The van der Waals surface area contributed by atoms with Crippen molar-refractivity contribution in [3.05, 3.63) is 77.9 Å². The Balaban J connectivity index is 1.76. The first kappa shape index (κ1) is 22.1. The molecular formula is C25H24FN5O2. The number of aryl methyl sites for hydroxylation is 1. The van der Waals surface area contributed by atoms with E-state index in [4.69, 9.17) is 0 Å². The number of amides is 2. The number of carbonyl (C=O) groups is 2. The van der Waals surface area contributed by atoms with Crippen molar-refractivity contribution < 1.29 is 14.0 Å².